The van der Waals surface area contributed by atoms with Gasteiger partial charge in [-0.3, -0.25) is 4.79 Å². The lowest BCUT2D eigenvalue weighted by atomic mass is 9.82. The van der Waals surface area contributed by atoms with Crippen molar-refractivity contribution >= 4 is 5.91 Å². The summed E-state index contributed by atoms with van der Waals surface area (Å²) in [7, 11) is 2.13. The number of amides is 1. The highest BCUT2D eigenvalue weighted by Gasteiger charge is 2.25. The molecule has 1 aliphatic rings. The maximum atomic E-state index is 10.8. The van der Waals surface area contributed by atoms with Crippen LogP contribution in [0.5, 0.6) is 0 Å². The normalized spacial score (nSPS) is 22.1. The number of piperidine rings is 1. The molecule has 1 fully saturated rings. The summed E-state index contributed by atoms with van der Waals surface area (Å²) in [6, 6.07) is 0. The zero-order valence-corrected chi connectivity index (χ0v) is 8.91. The van der Waals surface area contributed by atoms with E-state index >= 15 is 0 Å². The fourth-order valence-corrected chi connectivity index (χ4v) is 2.20. The maximum absolute atomic E-state index is 10.8. The Morgan fingerprint density at radius 3 is 2.50 bits per heavy atom. The van der Waals surface area contributed by atoms with Gasteiger partial charge in [0.2, 0.25) is 5.91 Å². The number of rotatable bonds is 4. The summed E-state index contributed by atoms with van der Waals surface area (Å²) >= 11 is 0. The van der Waals surface area contributed by atoms with Gasteiger partial charge in [-0.05, 0) is 51.4 Å². The van der Waals surface area contributed by atoms with Crippen LogP contribution < -0.4 is 11.5 Å². The van der Waals surface area contributed by atoms with Crippen LogP contribution in [-0.4, -0.2) is 37.5 Å². The van der Waals surface area contributed by atoms with Gasteiger partial charge in [-0.1, -0.05) is 0 Å². The standard InChI is InChI=1S/C10H21N3O/c1-13-4-2-8(3-5-13)9(7-11)6-10(12)14/h8-9H,2-7,11H2,1H3,(H2,12,14). The van der Waals surface area contributed by atoms with Gasteiger partial charge in [-0.2, -0.15) is 0 Å². The van der Waals surface area contributed by atoms with Crippen LogP contribution in [-0.2, 0) is 4.79 Å². The zero-order valence-electron chi connectivity index (χ0n) is 8.91. The van der Waals surface area contributed by atoms with Crippen molar-refractivity contribution in [2.24, 2.45) is 23.3 Å². The monoisotopic (exact) mass is 199 g/mol. The SMILES string of the molecule is CN1CCC(C(CN)CC(N)=O)CC1. The number of likely N-dealkylation sites (tertiary alicyclic amines) is 1. The Morgan fingerprint density at radius 1 is 1.50 bits per heavy atom. The van der Waals surface area contributed by atoms with Crippen molar-refractivity contribution in [3.05, 3.63) is 0 Å². The van der Waals surface area contributed by atoms with Crippen LogP contribution in [0.2, 0.25) is 0 Å². The van der Waals surface area contributed by atoms with Crippen LogP contribution in [0, 0.1) is 11.8 Å². The second-order valence-corrected chi connectivity index (χ2v) is 4.31. The molecule has 0 aliphatic carbocycles. The lowest BCUT2D eigenvalue weighted by Gasteiger charge is -2.33. The van der Waals surface area contributed by atoms with E-state index in [-0.39, 0.29) is 5.91 Å². The van der Waals surface area contributed by atoms with E-state index in [4.69, 9.17) is 11.5 Å². The fraction of sp³-hybridized carbons (Fsp3) is 0.900. The van der Waals surface area contributed by atoms with Crippen molar-refractivity contribution in [1.82, 2.24) is 4.90 Å². The molecule has 1 rings (SSSR count). The summed E-state index contributed by atoms with van der Waals surface area (Å²) in [6.45, 7) is 2.80. The minimum absolute atomic E-state index is 0.223. The van der Waals surface area contributed by atoms with E-state index in [2.05, 4.69) is 11.9 Å². The molecule has 0 saturated carbocycles. The lowest BCUT2D eigenvalue weighted by molar-refractivity contribution is -0.119. The van der Waals surface area contributed by atoms with E-state index in [1.165, 1.54) is 0 Å². The predicted molar refractivity (Wildman–Crippen MR) is 56.6 cm³/mol. The second kappa shape index (κ2) is 5.32. The van der Waals surface area contributed by atoms with E-state index in [1.54, 1.807) is 0 Å². The summed E-state index contributed by atoms with van der Waals surface area (Å²) in [4.78, 5) is 13.1. The van der Waals surface area contributed by atoms with Crippen molar-refractivity contribution in [2.45, 2.75) is 19.3 Å². The van der Waals surface area contributed by atoms with Gasteiger partial charge in [-0.15, -0.1) is 0 Å². The molecule has 0 aromatic rings. The molecule has 4 heteroatoms. The van der Waals surface area contributed by atoms with E-state index in [1.807, 2.05) is 0 Å². The van der Waals surface area contributed by atoms with E-state index < -0.39 is 0 Å². The minimum Gasteiger partial charge on any atom is -0.370 e. The number of nitrogens with zero attached hydrogens (tertiary/aromatic N) is 1. The molecule has 1 unspecified atom stereocenters. The van der Waals surface area contributed by atoms with E-state index in [9.17, 15) is 4.79 Å². The summed E-state index contributed by atoms with van der Waals surface area (Å²) in [5.74, 6) is 0.657. The molecular formula is C10H21N3O. The summed E-state index contributed by atoms with van der Waals surface area (Å²) in [6.07, 6.45) is 2.74. The van der Waals surface area contributed by atoms with Gasteiger partial charge >= 0.3 is 0 Å². The maximum Gasteiger partial charge on any atom is 0.217 e. The van der Waals surface area contributed by atoms with Crippen molar-refractivity contribution in [3.8, 4) is 0 Å². The van der Waals surface area contributed by atoms with Crippen molar-refractivity contribution < 1.29 is 4.79 Å². The van der Waals surface area contributed by atoms with Gasteiger partial charge in [0.05, 0.1) is 0 Å². The molecule has 1 atom stereocenters. The van der Waals surface area contributed by atoms with E-state index in [0.717, 1.165) is 25.9 Å². The van der Waals surface area contributed by atoms with E-state index in [0.29, 0.717) is 24.8 Å². The number of hydrogen-bond donors (Lipinski definition) is 2. The number of nitrogens with two attached hydrogens (primary N) is 2. The third-order valence-electron chi connectivity index (χ3n) is 3.20. The highest BCUT2D eigenvalue weighted by Crippen LogP contribution is 2.25. The lowest BCUT2D eigenvalue weighted by Crippen LogP contribution is -2.37. The summed E-state index contributed by atoms with van der Waals surface area (Å²) in [5, 5.41) is 0. The first kappa shape index (κ1) is 11.5. The van der Waals surface area contributed by atoms with Gasteiger partial charge in [-0.25, -0.2) is 0 Å². The first-order chi connectivity index (χ1) is 6.63. The summed E-state index contributed by atoms with van der Waals surface area (Å²) in [5.41, 5.74) is 10.9. The van der Waals surface area contributed by atoms with Crippen molar-refractivity contribution in [3.63, 3.8) is 0 Å². The van der Waals surface area contributed by atoms with Gasteiger partial charge in [0.1, 0.15) is 0 Å². The Bertz CT molecular complexity index is 188. The van der Waals surface area contributed by atoms with Crippen LogP contribution in [0.1, 0.15) is 19.3 Å². The fourth-order valence-electron chi connectivity index (χ4n) is 2.20. The minimum atomic E-state index is -0.223. The molecule has 0 radical (unpaired) electrons. The average molecular weight is 199 g/mol. The third-order valence-corrected chi connectivity index (χ3v) is 3.20. The Hall–Kier alpha value is -0.610. The molecule has 1 amide bonds. The first-order valence-electron chi connectivity index (χ1n) is 5.30. The summed E-state index contributed by atoms with van der Waals surface area (Å²) < 4.78 is 0. The molecule has 4 N–H and O–H groups in total. The molecule has 14 heavy (non-hydrogen) atoms. The highest BCUT2D eigenvalue weighted by molar-refractivity contribution is 5.74. The molecule has 1 aliphatic heterocycles. The number of primary amides is 1. The van der Waals surface area contributed by atoms with Crippen LogP contribution in [0.25, 0.3) is 0 Å². The molecule has 1 saturated heterocycles. The Morgan fingerprint density at radius 2 is 2.07 bits per heavy atom. The molecule has 82 valence electrons. The largest absolute Gasteiger partial charge is 0.370 e. The number of carbonyl (C=O) groups excluding carboxylic acids is 1. The van der Waals surface area contributed by atoms with Crippen molar-refractivity contribution in [1.29, 1.82) is 0 Å². The number of hydrogen-bond acceptors (Lipinski definition) is 3. The molecular weight excluding hydrogens is 178 g/mol. The van der Waals surface area contributed by atoms with Crippen LogP contribution in [0.3, 0.4) is 0 Å². The third kappa shape index (κ3) is 3.27. The van der Waals surface area contributed by atoms with Gasteiger partial charge < -0.3 is 16.4 Å². The predicted octanol–water partition coefficient (Wildman–Crippen LogP) is -0.221. The topological polar surface area (TPSA) is 72.3 Å². The Kier molecular flexibility index (Phi) is 4.35. The molecule has 0 aromatic carbocycles. The number of carbonyl (C=O) groups is 1. The molecule has 4 nitrogen and oxygen atoms in total. The van der Waals surface area contributed by atoms with Gasteiger partial charge in [0.25, 0.3) is 0 Å². The van der Waals surface area contributed by atoms with Crippen LogP contribution in [0.4, 0.5) is 0 Å². The Labute approximate surface area is 85.6 Å². The van der Waals surface area contributed by atoms with Gasteiger partial charge in [0, 0.05) is 6.42 Å². The Balaban J connectivity index is 2.40. The second-order valence-electron chi connectivity index (χ2n) is 4.31. The average Bonchev–Trinajstić information content (AvgIpc) is 2.15. The quantitative estimate of drug-likeness (QED) is 0.657. The molecule has 0 spiro atoms. The molecule has 1 heterocycles. The van der Waals surface area contributed by atoms with Crippen LogP contribution >= 0.6 is 0 Å². The zero-order chi connectivity index (χ0) is 10.6. The van der Waals surface area contributed by atoms with Crippen molar-refractivity contribution in [2.75, 3.05) is 26.7 Å². The molecule has 0 aromatic heterocycles. The van der Waals surface area contributed by atoms with Crippen LogP contribution in [0.15, 0.2) is 0 Å². The smallest absolute Gasteiger partial charge is 0.217 e. The molecule has 0 bridgehead atoms. The highest BCUT2D eigenvalue weighted by atomic mass is 16.1. The first-order valence-corrected chi connectivity index (χ1v) is 5.30. The van der Waals surface area contributed by atoms with Gasteiger partial charge in [0.15, 0.2) is 0 Å².